The molecule has 1 N–H and O–H groups in total. The monoisotopic (exact) mass is 369 g/mol. The summed E-state index contributed by atoms with van der Waals surface area (Å²) in [6, 6.07) is 14.4. The van der Waals surface area contributed by atoms with Gasteiger partial charge in [-0.3, -0.25) is 4.79 Å². The third-order valence-electron chi connectivity index (χ3n) is 4.08. The Balaban J connectivity index is 1.87. The SMILES string of the molecule is CC(C)c1noc(-c2ccccc2C(=O)NC(C)c2ccccc2Cl)n1. The van der Waals surface area contributed by atoms with Crippen molar-refractivity contribution in [3.8, 4) is 11.5 Å². The molecular weight excluding hydrogens is 350 g/mol. The zero-order chi connectivity index (χ0) is 18.7. The summed E-state index contributed by atoms with van der Waals surface area (Å²) in [4.78, 5) is 17.2. The summed E-state index contributed by atoms with van der Waals surface area (Å²) in [5.41, 5.74) is 1.95. The van der Waals surface area contributed by atoms with Crippen molar-refractivity contribution in [2.24, 2.45) is 0 Å². The fourth-order valence-electron chi connectivity index (χ4n) is 2.62. The highest BCUT2D eigenvalue weighted by Crippen LogP contribution is 2.26. The minimum atomic E-state index is -0.238. The average molecular weight is 370 g/mol. The molecule has 1 aromatic heterocycles. The van der Waals surface area contributed by atoms with E-state index in [0.29, 0.717) is 27.9 Å². The molecule has 0 spiro atoms. The lowest BCUT2D eigenvalue weighted by atomic mass is 10.0. The van der Waals surface area contributed by atoms with Gasteiger partial charge in [0.1, 0.15) is 0 Å². The largest absolute Gasteiger partial charge is 0.345 e. The minimum absolute atomic E-state index is 0.147. The van der Waals surface area contributed by atoms with Crippen LogP contribution in [0.3, 0.4) is 0 Å². The Morgan fingerprint density at radius 1 is 1.08 bits per heavy atom. The van der Waals surface area contributed by atoms with E-state index < -0.39 is 0 Å². The van der Waals surface area contributed by atoms with Gasteiger partial charge in [0.15, 0.2) is 5.82 Å². The molecule has 1 atom stereocenters. The molecule has 1 heterocycles. The van der Waals surface area contributed by atoms with Gasteiger partial charge in [0.2, 0.25) is 0 Å². The van der Waals surface area contributed by atoms with E-state index in [4.69, 9.17) is 16.1 Å². The maximum atomic E-state index is 12.8. The van der Waals surface area contributed by atoms with Crippen molar-refractivity contribution in [3.63, 3.8) is 0 Å². The molecule has 3 aromatic rings. The lowest BCUT2D eigenvalue weighted by Crippen LogP contribution is -2.27. The Hall–Kier alpha value is -2.66. The first-order valence-electron chi connectivity index (χ1n) is 8.45. The van der Waals surface area contributed by atoms with Gasteiger partial charge >= 0.3 is 0 Å². The summed E-state index contributed by atoms with van der Waals surface area (Å²) in [5, 5.41) is 7.57. The van der Waals surface area contributed by atoms with E-state index >= 15 is 0 Å². The standard InChI is InChI=1S/C20H20ClN3O2/c1-12(2)18-23-20(26-24-18)16-10-5-4-9-15(16)19(25)22-13(3)14-8-6-7-11-17(14)21/h4-13H,1-3H3,(H,22,25). The Bertz CT molecular complexity index is 921. The van der Waals surface area contributed by atoms with Crippen molar-refractivity contribution in [2.75, 3.05) is 0 Å². The van der Waals surface area contributed by atoms with Crippen LogP contribution in [0.1, 0.15) is 54.5 Å². The van der Waals surface area contributed by atoms with Gasteiger partial charge in [0, 0.05) is 10.9 Å². The van der Waals surface area contributed by atoms with Crippen molar-refractivity contribution >= 4 is 17.5 Å². The Labute approximate surface area is 157 Å². The van der Waals surface area contributed by atoms with Gasteiger partial charge in [-0.2, -0.15) is 4.98 Å². The molecule has 5 nitrogen and oxygen atoms in total. The van der Waals surface area contributed by atoms with Crippen molar-refractivity contribution in [3.05, 3.63) is 70.5 Å². The molecule has 26 heavy (non-hydrogen) atoms. The summed E-state index contributed by atoms with van der Waals surface area (Å²) in [7, 11) is 0. The molecule has 134 valence electrons. The summed E-state index contributed by atoms with van der Waals surface area (Å²) >= 11 is 6.22. The third-order valence-corrected chi connectivity index (χ3v) is 4.42. The molecule has 1 amide bonds. The number of hydrogen-bond donors (Lipinski definition) is 1. The predicted molar refractivity (Wildman–Crippen MR) is 101 cm³/mol. The number of carbonyl (C=O) groups is 1. The molecule has 6 heteroatoms. The first-order valence-corrected chi connectivity index (χ1v) is 8.83. The van der Waals surface area contributed by atoms with E-state index in [1.807, 2.05) is 45.0 Å². The number of benzene rings is 2. The van der Waals surface area contributed by atoms with E-state index in [0.717, 1.165) is 5.56 Å². The molecule has 0 saturated carbocycles. The van der Waals surface area contributed by atoms with Gasteiger partial charge < -0.3 is 9.84 Å². The highest BCUT2D eigenvalue weighted by molar-refractivity contribution is 6.31. The van der Waals surface area contributed by atoms with E-state index in [1.165, 1.54) is 0 Å². The topological polar surface area (TPSA) is 68.0 Å². The van der Waals surface area contributed by atoms with Crippen LogP contribution < -0.4 is 5.32 Å². The van der Waals surface area contributed by atoms with E-state index in [1.54, 1.807) is 24.3 Å². The summed E-state index contributed by atoms with van der Waals surface area (Å²) < 4.78 is 5.35. The van der Waals surface area contributed by atoms with E-state index in [9.17, 15) is 4.79 Å². The average Bonchev–Trinajstić information content (AvgIpc) is 3.12. The van der Waals surface area contributed by atoms with Crippen LogP contribution in [-0.4, -0.2) is 16.0 Å². The number of amides is 1. The van der Waals surface area contributed by atoms with Gasteiger partial charge in [0.05, 0.1) is 17.2 Å². The van der Waals surface area contributed by atoms with Gasteiger partial charge in [-0.1, -0.05) is 60.9 Å². The molecule has 0 bridgehead atoms. The number of nitrogens with zero attached hydrogens (tertiary/aromatic N) is 2. The highest BCUT2D eigenvalue weighted by Gasteiger charge is 2.20. The maximum Gasteiger partial charge on any atom is 0.258 e. The normalized spacial score (nSPS) is 12.2. The van der Waals surface area contributed by atoms with Gasteiger partial charge in [0.25, 0.3) is 11.8 Å². The second kappa shape index (κ2) is 7.70. The van der Waals surface area contributed by atoms with E-state index in [-0.39, 0.29) is 17.9 Å². The van der Waals surface area contributed by atoms with Gasteiger partial charge in [-0.05, 0) is 30.7 Å². The van der Waals surface area contributed by atoms with Crippen molar-refractivity contribution in [1.82, 2.24) is 15.5 Å². The first-order chi connectivity index (χ1) is 12.5. The molecule has 0 saturated heterocycles. The van der Waals surface area contributed by atoms with Crippen LogP contribution in [-0.2, 0) is 0 Å². The van der Waals surface area contributed by atoms with Crippen LogP contribution in [0.4, 0.5) is 0 Å². The van der Waals surface area contributed by atoms with Crippen molar-refractivity contribution in [2.45, 2.75) is 32.7 Å². The summed E-state index contributed by atoms with van der Waals surface area (Å²) in [6.07, 6.45) is 0. The fourth-order valence-corrected chi connectivity index (χ4v) is 2.92. The number of hydrogen-bond acceptors (Lipinski definition) is 4. The number of aromatic nitrogens is 2. The van der Waals surface area contributed by atoms with Crippen LogP contribution in [0.15, 0.2) is 53.1 Å². The molecule has 1 unspecified atom stereocenters. The minimum Gasteiger partial charge on any atom is -0.345 e. The molecule has 2 aromatic carbocycles. The Kier molecular flexibility index (Phi) is 5.38. The zero-order valence-electron chi connectivity index (χ0n) is 14.9. The Morgan fingerprint density at radius 2 is 1.77 bits per heavy atom. The zero-order valence-corrected chi connectivity index (χ0v) is 15.6. The maximum absolute atomic E-state index is 12.8. The lowest BCUT2D eigenvalue weighted by molar-refractivity contribution is 0.0940. The smallest absolute Gasteiger partial charge is 0.258 e. The second-order valence-corrected chi connectivity index (χ2v) is 6.78. The predicted octanol–water partition coefficient (Wildman–Crippen LogP) is 5.00. The molecule has 0 aliphatic rings. The van der Waals surface area contributed by atoms with Crippen LogP contribution in [0.5, 0.6) is 0 Å². The van der Waals surface area contributed by atoms with Crippen LogP contribution in [0.2, 0.25) is 5.02 Å². The van der Waals surface area contributed by atoms with E-state index in [2.05, 4.69) is 15.5 Å². The quantitative estimate of drug-likeness (QED) is 0.686. The molecule has 0 fully saturated rings. The van der Waals surface area contributed by atoms with Gasteiger partial charge in [-0.15, -0.1) is 0 Å². The number of nitrogens with one attached hydrogen (secondary N) is 1. The molecular formula is C20H20ClN3O2. The first kappa shape index (κ1) is 18.1. The molecule has 3 rings (SSSR count). The Morgan fingerprint density at radius 3 is 2.46 bits per heavy atom. The second-order valence-electron chi connectivity index (χ2n) is 6.37. The highest BCUT2D eigenvalue weighted by atomic mass is 35.5. The lowest BCUT2D eigenvalue weighted by Gasteiger charge is -2.16. The number of halogens is 1. The van der Waals surface area contributed by atoms with Crippen molar-refractivity contribution < 1.29 is 9.32 Å². The molecule has 0 radical (unpaired) electrons. The third kappa shape index (κ3) is 3.78. The number of carbonyl (C=O) groups excluding carboxylic acids is 1. The molecule has 0 aliphatic heterocycles. The summed E-state index contributed by atoms with van der Waals surface area (Å²) in [6.45, 7) is 5.86. The van der Waals surface area contributed by atoms with Crippen LogP contribution in [0, 0.1) is 0 Å². The van der Waals surface area contributed by atoms with Crippen LogP contribution >= 0.6 is 11.6 Å². The van der Waals surface area contributed by atoms with Crippen molar-refractivity contribution in [1.29, 1.82) is 0 Å². The van der Waals surface area contributed by atoms with Gasteiger partial charge in [-0.25, -0.2) is 0 Å². The molecule has 0 aliphatic carbocycles. The fraction of sp³-hybridized carbons (Fsp3) is 0.250. The van der Waals surface area contributed by atoms with Crippen LogP contribution in [0.25, 0.3) is 11.5 Å². The summed E-state index contributed by atoms with van der Waals surface area (Å²) in [5.74, 6) is 0.871. The number of rotatable bonds is 5.